The molecule has 52 heavy (non-hydrogen) atoms. The number of nitrogens with one attached hydrogen (secondary N) is 2. The lowest BCUT2D eigenvalue weighted by Gasteiger charge is -2.16. The number of H-pyrrole nitrogens is 1. The Morgan fingerprint density at radius 2 is 1.92 bits per heavy atom. The summed E-state index contributed by atoms with van der Waals surface area (Å²) in [5.41, 5.74) is 4.52. The van der Waals surface area contributed by atoms with E-state index in [1.54, 1.807) is 19.4 Å². The van der Waals surface area contributed by atoms with Crippen LogP contribution in [0.25, 0.3) is 32.0 Å². The number of thiophene rings is 1. The SMILES string of the molecule is COc1cccc2c1CC[C@@H]2Nc1nccc2cc(-c3c4c(nc(CCc5cccc(C(F)(F)F)c5)c3-c3n[nH]c(=O)o3)[C@@H]3CCCN3C4=O)sc12. The van der Waals surface area contributed by atoms with E-state index in [9.17, 15) is 22.8 Å². The molecule has 1 fully saturated rings. The first kappa shape index (κ1) is 32.4. The highest BCUT2D eigenvalue weighted by Crippen LogP contribution is 2.50. The molecule has 9 rings (SSSR count). The highest BCUT2D eigenvalue weighted by Gasteiger charge is 2.45. The van der Waals surface area contributed by atoms with E-state index in [0.29, 0.717) is 46.0 Å². The summed E-state index contributed by atoms with van der Waals surface area (Å²) in [5, 5.41) is 11.1. The molecule has 14 heteroatoms. The van der Waals surface area contributed by atoms with Crippen LogP contribution >= 0.6 is 11.3 Å². The van der Waals surface area contributed by atoms with Gasteiger partial charge in [0.1, 0.15) is 11.6 Å². The molecule has 1 saturated heterocycles. The van der Waals surface area contributed by atoms with Gasteiger partial charge in [-0.25, -0.2) is 14.9 Å². The molecule has 4 aromatic heterocycles. The number of methoxy groups -OCH3 is 1. The van der Waals surface area contributed by atoms with Gasteiger partial charge in [-0.2, -0.15) is 13.2 Å². The quantitative estimate of drug-likeness (QED) is 0.162. The predicted octanol–water partition coefficient (Wildman–Crippen LogP) is 7.90. The Hall–Kier alpha value is -5.50. The number of halogens is 3. The zero-order valence-electron chi connectivity index (χ0n) is 27.8. The van der Waals surface area contributed by atoms with Crippen LogP contribution in [0.4, 0.5) is 19.0 Å². The second-order valence-corrected chi connectivity index (χ2v) is 14.3. The number of nitrogens with zero attached hydrogens (tertiary/aromatic N) is 4. The first-order chi connectivity index (χ1) is 25.2. The number of pyridine rings is 2. The molecule has 0 radical (unpaired) electrons. The molecule has 2 N–H and O–H groups in total. The Morgan fingerprint density at radius 3 is 2.73 bits per heavy atom. The number of carbonyl (C=O) groups excluding carboxylic acids is 1. The third-order valence-electron chi connectivity index (χ3n) is 10.3. The maximum Gasteiger partial charge on any atom is 0.434 e. The van der Waals surface area contributed by atoms with Crippen LogP contribution in [0.5, 0.6) is 5.75 Å². The molecule has 0 unspecified atom stereocenters. The van der Waals surface area contributed by atoms with Gasteiger partial charge in [0.05, 0.1) is 52.0 Å². The molecule has 6 aromatic rings. The van der Waals surface area contributed by atoms with E-state index in [1.165, 1.54) is 23.0 Å². The summed E-state index contributed by atoms with van der Waals surface area (Å²) in [5.74, 6) is 0.584. The molecule has 6 heterocycles. The summed E-state index contributed by atoms with van der Waals surface area (Å²) < 4.78 is 52.8. The molecular weight excluding hydrogens is 694 g/mol. The smallest absolute Gasteiger partial charge is 0.434 e. The number of benzene rings is 2. The van der Waals surface area contributed by atoms with Gasteiger partial charge < -0.3 is 19.4 Å². The third-order valence-corrected chi connectivity index (χ3v) is 11.5. The molecule has 3 aliphatic rings. The highest BCUT2D eigenvalue weighted by atomic mass is 32.1. The molecule has 0 spiro atoms. The van der Waals surface area contributed by atoms with Crippen LogP contribution < -0.4 is 15.8 Å². The van der Waals surface area contributed by atoms with Crippen LogP contribution in [-0.4, -0.2) is 44.6 Å². The summed E-state index contributed by atoms with van der Waals surface area (Å²) in [6.07, 6.45) is 1.00. The van der Waals surface area contributed by atoms with Crippen LogP contribution in [0.1, 0.15) is 75.3 Å². The zero-order valence-corrected chi connectivity index (χ0v) is 28.7. The molecule has 264 valence electrons. The molecule has 10 nitrogen and oxygen atoms in total. The lowest BCUT2D eigenvalue weighted by atomic mass is 9.92. The Labute approximate surface area is 298 Å². The van der Waals surface area contributed by atoms with Gasteiger partial charge in [-0.05, 0) is 84.9 Å². The van der Waals surface area contributed by atoms with E-state index in [1.807, 2.05) is 29.2 Å². The Balaban J connectivity index is 1.19. The first-order valence-electron chi connectivity index (χ1n) is 17.1. The fourth-order valence-electron chi connectivity index (χ4n) is 8.03. The Morgan fingerprint density at radius 1 is 1.06 bits per heavy atom. The van der Waals surface area contributed by atoms with E-state index in [0.717, 1.165) is 64.1 Å². The molecule has 2 aromatic carbocycles. The van der Waals surface area contributed by atoms with Gasteiger partial charge in [0.15, 0.2) is 0 Å². The molecule has 0 bridgehead atoms. The van der Waals surface area contributed by atoms with Crippen LogP contribution in [0.3, 0.4) is 0 Å². The second-order valence-electron chi connectivity index (χ2n) is 13.3. The average Bonchev–Trinajstić information content (AvgIpc) is 3.98. The minimum absolute atomic E-state index is 0.0176. The lowest BCUT2D eigenvalue weighted by molar-refractivity contribution is -0.137. The third kappa shape index (κ3) is 5.35. The number of hydrogen-bond acceptors (Lipinski definition) is 9. The normalized spacial score (nSPS) is 17.8. The molecule has 2 atom stereocenters. The summed E-state index contributed by atoms with van der Waals surface area (Å²) in [6, 6.07) is 15.0. The highest BCUT2D eigenvalue weighted by molar-refractivity contribution is 7.23. The van der Waals surface area contributed by atoms with Gasteiger partial charge in [0.25, 0.3) is 11.8 Å². The standard InChI is InChI=1S/C38H31F3N6O4S/c1-50-27-9-3-7-22-23(27)11-13-24(22)44-34-33-20(14-15-42-34)18-28(52-33)30-29(35-45-46-37(49)51-35)25(12-10-19-5-2-6-21(17-19)38(39,40)41)43-32-26-8-4-16-47(26)36(48)31(30)32/h2-3,5-7,9,14-15,17-18,24,26H,4,8,10-13,16H2,1H3,(H,42,44)(H,46,49)/t24-,26-/m0/s1. The maximum absolute atomic E-state index is 14.2. The van der Waals surface area contributed by atoms with Crippen LogP contribution in [0, 0.1) is 0 Å². The number of aryl methyl sites for hydroxylation is 2. The summed E-state index contributed by atoms with van der Waals surface area (Å²) in [6.45, 7) is 0.587. The van der Waals surface area contributed by atoms with E-state index in [2.05, 4.69) is 21.6 Å². The van der Waals surface area contributed by atoms with Gasteiger partial charge in [0, 0.05) is 23.2 Å². The average molecular weight is 725 g/mol. The topological polar surface area (TPSA) is 126 Å². The van der Waals surface area contributed by atoms with E-state index >= 15 is 0 Å². The van der Waals surface area contributed by atoms with Gasteiger partial charge in [0.2, 0.25) is 0 Å². The number of amides is 1. The molecule has 2 aliphatic heterocycles. The number of ether oxygens (including phenoxy) is 1. The van der Waals surface area contributed by atoms with E-state index < -0.39 is 17.5 Å². The number of carbonyl (C=O) groups is 1. The second kappa shape index (κ2) is 12.3. The van der Waals surface area contributed by atoms with Crippen molar-refractivity contribution >= 4 is 33.1 Å². The van der Waals surface area contributed by atoms with Crippen LogP contribution in [-0.2, 0) is 25.4 Å². The molecule has 1 amide bonds. The summed E-state index contributed by atoms with van der Waals surface area (Å²) >= 11 is 1.46. The first-order valence-corrected chi connectivity index (χ1v) is 17.9. The van der Waals surface area contributed by atoms with Gasteiger partial charge >= 0.3 is 11.9 Å². The number of aromatic amines is 1. The van der Waals surface area contributed by atoms with Crippen molar-refractivity contribution in [1.29, 1.82) is 0 Å². The van der Waals surface area contributed by atoms with Crippen molar-refractivity contribution in [2.45, 2.75) is 56.8 Å². The van der Waals surface area contributed by atoms with Crippen molar-refractivity contribution in [1.82, 2.24) is 25.1 Å². The number of fused-ring (bicyclic) bond motifs is 5. The number of alkyl halides is 3. The molecule has 0 saturated carbocycles. The van der Waals surface area contributed by atoms with Crippen molar-refractivity contribution < 1.29 is 27.1 Å². The van der Waals surface area contributed by atoms with Gasteiger partial charge in [-0.1, -0.05) is 30.3 Å². The molecular formula is C38H31F3N6O4S. The summed E-state index contributed by atoms with van der Waals surface area (Å²) in [7, 11) is 1.68. The Kier molecular flexibility index (Phi) is 7.68. The largest absolute Gasteiger partial charge is 0.496 e. The fraction of sp³-hybridized carbons (Fsp3) is 0.289. The number of hydrogen-bond donors (Lipinski definition) is 2. The van der Waals surface area contributed by atoms with Crippen molar-refractivity contribution in [3.05, 3.63) is 111 Å². The Bertz CT molecular complexity index is 2450. The van der Waals surface area contributed by atoms with Gasteiger partial charge in [-0.3, -0.25) is 9.78 Å². The van der Waals surface area contributed by atoms with Crippen LogP contribution in [0.2, 0.25) is 0 Å². The van der Waals surface area contributed by atoms with Crippen molar-refractivity contribution in [3.8, 4) is 27.6 Å². The number of anilines is 1. The molecule has 1 aliphatic carbocycles. The van der Waals surface area contributed by atoms with Crippen molar-refractivity contribution in [3.63, 3.8) is 0 Å². The van der Waals surface area contributed by atoms with Crippen molar-refractivity contribution in [2.24, 2.45) is 0 Å². The number of rotatable bonds is 8. The van der Waals surface area contributed by atoms with Crippen LogP contribution in [0.15, 0.2) is 70.0 Å². The zero-order chi connectivity index (χ0) is 35.7. The summed E-state index contributed by atoms with van der Waals surface area (Å²) in [4.78, 5) is 38.9. The lowest BCUT2D eigenvalue weighted by Crippen LogP contribution is -2.22. The van der Waals surface area contributed by atoms with E-state index in [-0.39, 0.29) is 36.7 Å². The van der Waals surface area contributed by atoms with Gasteiger partial charge in [-0.15, -0.1) is 16.4 Å². The van der Waals surface area contributed by atoms with Crippen molar-refractivity contribution in [2.75, 3.05) is 19.0 Å². The monoisotopic (exact) mass is 724 g/mol. The minimum Gasteiger partial charge on any atom is -0.496 e. The minimum atomic E-state index is -4.48. The fourth-order valence-corrected chi connectivity index (χ4v) is 9.19. The van der Waals surface area contributed by atoms with E-state index in [4.69, 9.17) is 19.1 Å². The predicted molar refractivity (Wildman–Crippen MR) is 189 cm³/mol. The number of aromatic nitrogens is 4. The maximum atomic E-state index is 14.2.